The second kappa shape index (κ2) is 10.5. The zero-order valence-electron chi connectivity index (χ0n) is 9.99. The molecule has 0 radical (unpaired) electrons. The van der Waals surface area contributed by atoms with E-state index >= 15 is 0 Å². The van der Waals surface area contributed by atoms with E-state index in [-0.39, 0.29) is 25.8 Å². The number of hydrogen-bond donors (Lipinski definition) is 1. The van der Waals surface area contributed by atoms with Crippen molar-refractivity contribution >= 4 is 5.97 Å². The van der Waals surface area contributed by atoms with Crippen molar-refractivity contribution in [3.05, 3.63) is 0 Å². The summed E-state index contributed by atoms with van der Waals surface area (Å²) < 4.78 is 10.0. The summed E-state index contributed by atoms with van der Waals surface area (Å²) in [7, 11) is 0. The first-order valence-electron chi connectivity index (χ1n) is 5.55. The summed E-state index contributed by atoms with van der Waals surface area (Å²) >= 11 is 0. The lowest BCUT2D eigenvalue weighted by atomic mass is 10.2. The maximum absolute atomic E-state index is 10.8. The van der Waals surface area contributed by atoms with Crippen molar-refractivity contribution in [2.45, 2.75) is 39.2 Å². The van der Waals surface area contributed by atoms with Crippen molar-refractivity contribution in [3.63, 3.8) is 0 Å². The predicted octanol–water partition coefficient (Wildman–Crippen LogP) is 1.12. The highest BCUT2D eigenvalue weighted by Crippen LogP contribution is 1.95. The highest BCUT2D eigenvalue weighted by Gasteiger charge is 2.08. The van der Waals surface area contributed by atoms with Crippen LogP contribution >= 0.6 is 0 Å². The lowest BCUT2D eigenvalue weighted by Crippen LogP contribution is -2.21. The number of ether oxygens (including phenoxy) is 2. The summed E-state index contributed by atoms with van der Waals surface area (Å²) in [6.45, 7) is 3.83. The van der Waals surface area contributed by atoms with Gasteiger partial charge in [-0.25, -0.2) is 0 Å². The molecule has 4 heteroatoms. The first-order valence-corrected chi connectivity index (χ1v) is 5.55. The van der Waals surface area contributed by atoms with Gasteiger partial charge in [0, 0.05) is 13.3 Å². The third kappa shape index (κ3) is 9.50. The average molecular weight is 228 g/mol. The van der Waals surface area contributed by atoms with Crippen LogP contribution in [0, 0.1) is 11.8 Å². The van der Waals surface area contributed by atoms with Crippen LogP contribution in [-0.2, 0) is 14.3 Å². The van der Waals surface area contributed by atoms with Crippen LogP contribution in [0.4, 0.5) is 0 Å². The van der Waals surface area contributed by atoms with Crippen molar-refractivity contribution < 1.29 is 19.4 Å². The number of rotatable bonds is 7. The van der Waals surface area contributed by atoms with Crippen molar-refractivity contribution in [1.29, 1.82) is 0 Å². The van der Waals surface area contributed by atoms with E-state index in [1.807, 2.05) is 0 Å². The third-order valence-electron chi connectivity index (χ3n) is 1.73. The maximum Gasteiger partial charge on any atom is 0.303 e. The Morgan fingerprint density at radius 1 is 1.50 bits per heavy atom. The molecule has 0 aromatic carbocycles. The van der Waals surface area contributed by atoms with Gasteiger partial charge >= 0.3 is 5.97 Å². The maximum atomic E-state index is 10.8. The Labute approximate surface area is 96.9 Å². The minimum absolute atomic E-state index is 0.0456. The summed E-state index contributed by atoms with van der Waals surface area (Å²) in [6, 6.07) is 0. The number of carbonyl (C=O) groups excluding carboxylic acids is 1. The second-order valence-electron chi connectivity index (χ2n) is 3.32. The lowest BCUT2D eigenvalue weighted by Gasteiger charge is -2.10. The fraction of sp³-hybridized carbons (Fsp3) is 0.750. The van der Waals surface area contributed by atoms with E-state index in [4.69, 9.17) is 14.6 Å². The van der Waals surface area contributed by atoms with Crippen LogP contribution in [0.5, 0.6) is 0 Å². The summed E-state index contributed by atoms with van der Waals surface area (Å²) in [6.07, 6.45) is 2.40. The first kappa shape index (κ1) is 14.9. The molecule has 0 rings (SSSR count). The Bertz CT molecular complexity index is 239. The van der Waals surface area contributed by atoms with Gasteiger partial charge in [0.2, 0.25) is 0 Å². The topological polar surface area (TPSA) is 55.8 Å². The van der Waals surface area contributed by atoms with Gasteiger partial charge in [-0.05, 0) is 6.42 Å². The largest absolute Gasteiger partial charge is 0.447 e. The van der Waals surface area contributed by atoms with E-state index in [2.05, 4.69) is 18.8 Å². The molecule has 0 aliphatic carbocycles. The van der Waals surface area contributed by atoms with Crippen LogP contribution in [0.3, 0.4) is 0 Å². The normalized spacial score (nSPS) is 11.4. The van der Waals surface area contributed by atoms with Gasteiger partial charge in [0.1, 0.15) is 0 Å². The summed E-state index contributed by atoms with van der Waals surface area (Å²) in [4.78, 5) is 10.8. The Morgan fingerprint density at radius 3 is 2.81 bits per heavy atom. The van der Waals surface area contributed by atoms with Gasteiger partial charge in [-0.3, -0.25) is 4.79 Å². The first-order chi connectivity index (χ1) is 7.70. The van der Waals surface area contributed by atoms with Gasteiger partial charge in [-0.1, -0.05) is 25.2 Å². The molecule has 0 aliphatic heterocycles. The highest BCUT2D eigenvalue weighted by atomic mass is 16.6. The summed E-state index contributed by atoms with van der Waals surface area (Å²) in [5.74, 6) is 5.42. The van der Waals surface area contributed by atoms with E-state index in [0.29, 0.717) is 0 Å². The van der Waals surface area contributed by atoms with E-state index in [1.165, 1.54) is 6.92 Å². The van der Waals surface area contributed by atoms with Crippen molar-refractivity contribution in [1.82, 2.24) is 0 Å². The molecule has 0 amide bonds. The number of unbranched alkanes of at least 4 members (excludes halogenated alkanes) is 2. The van der Waals surface area contributed by atoms with E-state index in [0.717, 1.165) is 19.3 Å². The van der Waals surface area contributed by atoms with Gasteiger partial charge in [-0.2, -0.15) is 0 Å². The molecule has 0 aliphatic rings. The Balaban J connectivity index is 3.96. The molecule has 0 bridgehead atoms. The molecular weight excluding hydrogens is 208 g/mol. The number of carbonyl (C=O) groups is 1. The minimum atomic E-state index is -0.527. The fourth-order valence-electron chi connectivity index (χ4n) is 1.01. The average Bonchev–Trinajstić information content (AvgIpc) is 2.23. The zero-order chi connectivity index (χ0) is 12.2. The molecule has 0 saturated heterocycles. The van der Waals surface area contributed by atoms with E-state index in [1.54, 1.807) is 0 Å². The van der Waals surface area contributed by atoms with Gasteiger partial charge < -0.3 is 14.6 Å². The van der Waals surface area contributed by atoms with Crippen LogP contribution in [-0.4, -0.2) is 37.0 Å². The molecule has 0 spiro atoms. The molecule has 1 unspecified atom stereocenters. The number of hydrogen-bond acceptors (Lipinski definition) is 4. The van der Waals surface area contributed by atoms with Crippen LogP contribution in [0.25, 0.3) is 0 Å². The molecule has 1 N–H and O–H groups in total. The molecule has 0 fully saturated rings. The molecule has 0 aromatic rings. The molecule has 0 heterocycles. The number of esters is 1. The van der Waals surface area contributed by atoms with Gasteiger partial charge in [0.15, 0.2) is 6.10 Å². The fourth-order valence-corrected chi connectivity index (χ4v) is 1.01. The number of aliphatic hydroxyl groups is 1. The van der Waals surface area contributed by atoms with Gasteiger partial charge in [0.25, 0.3) is 0 Å². The quantitative estimate of drug-likeness (QED) is 0.403. The van der Waals surface area contributed by atoms with Gasteiger partial charge in [0.05, 0.1) is 19.8 Å². The Kier molecular flexibility index (Phi) is 9.78. The summed E-state index contributed by atoms with van der Waals surface area (Å²) in [5, 5.41) is 8.54. The van der Waals surface area contributed by atoms with Gasteiger partial charge in [-0.15, -0.1) is 0 Å². The molecule has 92 valence electrons. The molecule has 0 aromatic heterocycles. The molecule has 0 saturated carbocycles. The van der Waals surface area contributed by atoms with Crippen LogP contribution < -0.4 is 0 Å². The molecule has 4 nitrogen and oxygen atoms in total. The van der Waals surface area contributed by atoms with Crippen molar-refractivity contribution in [3.8, 4) is 11.8 Å². The molecular formula is C12H20O4. The molecule has 1 atom stereocenters. The van der Waals surface area contributed by atoms with Crippen LogP contribution in [0.2, 0.25) is 0 Å². The SMILES string of the molecule is CCCCC#CC(COCCO)OC(C)=O. The number of aliphatic hydroxyl groups excluding tert-OH is 1. The predicted molar refractivity (Wildman–Crippen MR) is 60.8 cm³/mol. The van der Waals surface area contributed by atoms with E-state index in [9.17, 15) is 4.79 Å². The minimum Gasteiger partial charge on any atom is -0.447 e. The Hall–Kier alpha value is -1.05. The van der Waals surface area contributed by atoms with Crippen molar-refractivity contribution in [2.24, 2.45) is 0 Å². The lowest BCUT2D eigenvalue weighted by molar-refractivity contribution is -0.146. The second-order valence-corrected chi connectivity index (χ2v) is 3.32. The highest BCUT2D eigenvalue weighted by molar-refractivity contribution is 5.66. The third-order valence-corrected chi connectivity index (χ3v) is 1.73. The van der Waals surface area contributed by atoms with Crippen LogP contribution in [0.15, 0.2) is 0 Å². The summed E-state index contributed by atoms with van der Waals surface area (Å²) in [5.41, 5.74) is 0. The smallest absolute Gasteiger partial charge is 0.303 e. The Morgan fingerprint density at radius 2 is 2.25 bits per heavy atom. The van der Waals surface area contributed by atoms with Crippen molar-refractivity contribution in [2.75, 3.05) is 19.8 Å². The van der Waals surface area contributed by atoms with E-state index < -0.39 is 6.10 Å². The standard InChI is InChI=1S/C12H20O4/c1-3-4-5-6-7-12(16-11(2)14)10-15-9-8-13/h12-13H,3-5,8-10H2,1-2H3. The zero-order valence-corrected chi connectivity index (χ0v) is 9.99. The molecule has 16 heavy (non-hydrogen) atoms. The monoisotopic (exact) mass is 228 g/mol. The van der Waals surface area contributed by atoms with Crippen LogP contribution in [0.1, 0.15) is 33.1 Å².